The van der Waals surface area contributed by atoms with E-state index < -0.39 is 0 Å². The van der Waals surface area contributed by atoms with Gasteiger partial charge in [0.2, 0.25) is 0 Å². The number of aromatic nitrogens is 1. The quantitative estimate of drug-likeness (QED) is 0.788. The second-order valence-corrected chi connectivity index (χ2v) is 2.96. The Bertz CT molecular complexity index is 344. The molecular weight excluding hydrogens is 214 g/mol. The van der Waals surface area contributed by atoms with Crippen LogP contribution < -0.4 is 10.6 Å². The van der Waals surface area contributed by atoms with Crippen LogP contribution in [0.15, 0.2) is 30.5 Å². The van der Waals surface area contributed by atoms with E-state index in [0.29, 0.717) is 5.69 Å². The Morgan fingerprint density at radius 1 is 1.41 bits per heavy atom. The van der Waals surface area contributed by atoms with Gasteiger partial charge in [-0.05, 0) is 19.1 Å². The summed E-state index contributed by atoms with van der Waals surface area (Å²) in [5.41, 5.74) is 1.33. The van der Waals surface area contributed by atoms with Gasteiger partial charge in [0.25, 0.3) is 5.91 Å². The Balaban J connectivity index is 0.00000121. The molecule has 1 rings (SSSR count). The first kappa shape index (κ1) is 15.2. The highest BCUT2D eigenvalue weighted by Gasteiger charge is 2.02. The summed E-state index contributed by atoms with van der Waals surface area (Å²) in [6.07, 6.45) is 5.63. The molecule has 1 aromatic rings. The average Bonchev–Trinajstić information content (AvgIpc) is 2.41. The fourth-order valence-corrected chi connectivity index (χ4v) is 1.06. The lowest BCUT2D eigenvalue weighted by atomic mass is 10.3. The van der Waals surface area contributed by atoms with Crippen LogP contribution in [0.1, 0.15) is 31.3 Å². The van der Waals surface area contributed by atoms with Gasteiger partial charge in [-0.3, -0.25) is 4.79 Å². The lowest BCUT2D eigenvalue weighted by Crippen LogP contribution is -2.19. The molecule has 1 aromatic heterocycles. The van der Waals surface area contributed by atoms with Crippen LogP contribution in [0.2, 0.25) is 0 Å². The van der Waals surface area contributed by atoms with Gasteiger partial charge in [-0.25, -0.2) is 4.98 Å². The topological polar surface area (TPSA) is 54.0 Å². The Morgan fingerprint density at radius 2 is 2.12 bits per heavy atom. The summed E-state index contributed by atoms with van der Waals surface area (Å²) >= 11 is 0. The number of allylic oxidation sites excluding steroid dienone is 1. The summed E-state index contributed by atoms with van der Waals surface area (Å²) in [6, 6.07) is 3.53. The summed E-state index contributed by atoms with van der Waals surface area (Å²) in [7, 11) is 1.59. The molecule has 0 aromatic carbocycles. The van der Waals surface area contributed by atoms with Crippen LogP contribution >= 0.6 is 0 Å². The van der Waals surface area contributed by atoms with Crippen molar-refractivity contribution >= 4 is 11.6 Å². The van der Waals surface area contributed by atoms with Crippen LogP contribution in [0, 0.1) is 0 Å². The Morgan fingerprint density at radius 3 is 2.59 bits per heavy atom. The molecule has 0 aliphatic carbocycles. The minimum absolute atomic E-state index is 0.171. The molecule has 0 atom stereocenters. The summed E-state index contributed by atoms with van der Waals surface area (Å²) in [5, 5.41) is 5.67. The number of carbonyl (C=O) groups excluding carboxylic acids is 1. The third-order valence-electron chi connectivity index (χ3n) is 1.88. The molecule has 0 aliphatic rings. The second-order valence-electron chi connectivity index (χ2n) is 2.96. The first-order valence-electron chi connectivity index (χ1n) is 5.81. The molecule has 4 nitrogen and oxygen atoms in total. The molecule has 0 fully saturated rings. The minimum atomic E-state index is -0.171. The largest absolute Gasteiger partial charge is 0.380 e. The Labute approximate surface area is 103 Å². The molecule has 0 bridgehead atoms. The van der Waals surface area contributed by atoms with E-state index in [4.69, 9.17) is 0 Å². The van der Waals surface area contributed by atoms with Crippen molar-refractivity contribution in [2.75, 3.05) is 18.9 Å². The molecule has 2 N–H and O–H groups in total. The van der Waals surface area contributed by atoms with Crippen LogP contribution in [0.3, 0.4) is 0 Å². The number of carbonyl (C=O) groups is 1. The zero-order chi connectivity index (χ0) is 13.1. The maximum absolute atomic E-state index is 11.2. The molecule has 0 saturated carbocycles. The predicted molar refractivity (Wildman–Crippen MR) is 72.3 cm³/mol. The molecular formula is C13H21N3O. The molecule has 0 radical (unpaired) electrons. The van der Waals surface area contributed by atoms with Crippen LogP contribution in [0.25, 0.3) is 0 Å². The second kappa shape index (κ2) is 9.39. The number of nitrogens with one attached hydrogen (secondary N) is 2. The smallest absolute Gasteiger partial charge is 0.269 e. The molecule has 4 heteroatoms. The molecule has 0 unspecified atom stereocenters. The van der Waals surface area contributed by atoms with Crippen LogP contribution in [0.5, 0.6) is 0 Å². The van der Waals surface area contributed by atoms with Crippen molar-refractivity contribution < 1.29 is 4.79 Å². The molecule has 94 valence electrons. The zero-order valence-corrected chi connectivity index (χ0v) is 10.9. The molecule has 1 amide bonds. The van der Waals surface area contributed by atoms with Gasteiger partial charge in [0.15, 0.2) is 0 Å². The van der Waals surface area contributed by atoms with E-state index in [1.165, 1.54) is 0 Å². The maximum atomic E-state index is 11.2. The van der Waals surface area contributed by atoms with E-state index in [2.05, 4.69) is 15.6 Å². The van der Waals surface area contributed by atoms with E-state index in [9.17, 15) is 4.79 Å². The Kier molecular flexibility index (Phi) is 8.37. The SMILES string of the molecule is C/C=C/CNc1ccc(C(=O)NC)nc1.CC. The fraction of sp³-hybridized carbons (Fsp3) is 0.385. The highest BCUT2D eigenvalue weighted by molar-refractivity contribution is 5.92. The summed E-state index contributed by atoms with van der Waals surface area (Å²) < 4.78 is 0. The zero-order valence-electron chi connectivity index (χ0n) is 10.9. The third kappa shape index (κ3) is 5.70. The lowest BCUT2D eigenvalue weighted by molar-refractivity contribution is 0.0958. The molecule has 0 aliphatic heterocycles. The number of amides is 1. The van der Waals surface area contributed by atoms with Crippen molar-refractivity contribution in [2.24, 2.45) is 0 Å². The van der Waals surface area contributed by atoms with Crippen molar-refractivity contribution in [3.05, 3.63) is 36.2 Å². The Hall–Kier alpha value is -1.84. The van der Waals surface area contributed by atoms with Gasteiger partial charge in [0.1, 0.15) is 5.69 Å². The van der Waals surface area contributed by atoms with Gasteiger partial charge in [-0.2, -0.15) is 0 Å². The van der Waals surface area contributed by atoms with Gasteiger partial charge >= 0.3 is 0 Å². The van der Waals surface area contributed by atoms with E-state index in [-0.39, 0.29) is 5.91 Å². The molecule has 0 spiro atoms. The summed E-state index contributed by atoms with van der Waals surface area (Å²) in [4.78, 5) is 15.2. The van der Waals surface area contributed by atoms with E-state index >= 15 is 0 Å². The standard InChI is InChI=1S/C11H15N3O.C2H6/c1-3-4-7-13-9-5-6-10(14-8-9)11(15)12-2;1-2/h3-6,8,13H,7H2,1-2H3,(H,12,15);1-2H3/b4-3+;. The third-order valence-corrected chi connectivity index (χ3v) is 1.88. The van der Waals surface area contributed by atoms with Crippen molar-refractivity contribution in [3.8, 4) is 0 Å². The maximum Gasteiger partial charge on any atom is 0.269 e. The molecule has 1 heterocycles. The minimum Gasteiger partial charge on any atom is -0.380 e. The average molecular weight is 235 g/mol. The van der Waals surface area contributed by atoms with E-state index in [1.54, 1.807) is 19.3 Å². The number of anilines is 1. The molecule has 17 heavy (non-hydrogen) atoms. The van der Waals surface area contributed by atoms with E-state index in [0.717, 1.165) is 12.2 Å². The predicted octanol–water partition coefficient (Wildman–Crippen LogP) is 2.46. The summed E-state index contributed by atoms with van der Waals surface area (Å²) in [6.45, 7) is 6.73. The summed E-state index contributed by atoms with van der Waals surface area (Å²) in [5.74, 6) is -0.171. The van der Waals surface area contributed by atoms with Crippen molar-refractivity contribution in [1.82, 2.24) is 10.3 Å². The van der Waals surface area contributed by atoms with Crippen LogP contribution in [-0.4, -0.2) is 24.5 Å². The van der Waals surface area contributed by atoms with Crippen LogP contribution in [0.4, 0.5) is 5.69 Å². The molecule has 0 saturated heterocycles. The highest BCUT2D eigenvalue weighted by Crippen LogP contribution is 2.05. The first-order chi connectivity index (χ1) is 8.27. The first-order valence-corrected chi connectivity index (χ1v) is 5.81. The van der Waals surface area contributed by atoms with Gasteiger partial charge < -0.3 is 10.6 Å². The number of hydrogen-bond acceptors (Lipinski definition) is 3. The van der Waals surface area contributed by atoms with Crippen molar-refractivity contribution in [2.45, 2.75) is 20.8 Å². The normalized spacial score (nSPS) is 9.41. The number of pyridine rings is 1. The number of hydrogen-bond donors (Lipinski definition) is 2. The van der Waals surface area contributed by atoms with Gasteiger partial charge in [-0.1, -0.05) is 26.0 Å². The van der Waals surface area contributed by atoms with Gasteiger partial charge in [-0.15, -0.1) is 0 Å². The van der Waals surface area contributed by atoms with Gasteiger partial charge in [0, 0.05) is 13.6 Å². The van der Waals surface area contributed by atoms with E-state index in [1.807, 2.05) is 39.0 Å². The fourth-order valence-electron chi connectivity index (χ4n) is 1.06. The highest BCUT2D eigenvalue weighted by atomic mass is 16.1. The number of nitrogens with zero attached hydrogens (tertiary/aromatic N) is 1. The van der Waals surface area contributed by atoms with Crippen molar-refractivity contribution in [3.63, 3.8) is 0 Å². The lowest BCUT2D eigenvalue weighted by Gasteiger charge is -2.03. The monoisotopic (exact) mass is 235 g/mol. The van der Waals surface area contributed by atoms with Gasteiger partial charge in [0.05, 0.1) is 11.9 Å². The number of rotatable bonds is 4. The van der Waals surface area contributed by atoms with Crippen LogP contribution in [-0.2, 0) is 0 Å². The van der Waals surface area contributed by atoms with Crippen molar-refractivity contribution in [1.29, 1.82) is 0 Å².